The lowest BCUT2D eigenvalue weighted by molar-refractivity contribution is 0.448. The first-order valence-electron chi connectivity index (χ1n) is 5.04. The van der Waals surface area contributed by atoms with Gasteiger partial charge in [-0.1, -0.05) is 6.07 Å². The molecular weight excluding hydrogens is 248 g/mol. The van der Waals surface area contributed by atoms with Gasteiger partial charge in [-0.3, -0.25) is 0 Å². The molecule has 0 aliphatic rings. The van der Waals surface area contributed by atoms with E-state index in [1.54, 1.807) is 0 Å². The van der Waals surface area contributed by atoms with Gasteiger partial charge >= 0.3 is 0 Å². The fourth-order valence-electron chi connectivity index (χ4n) is 1.49. The average molecular weight is 256 g/mol. The summed E-state index contributed by atoms with van der Waals surface area (Å²) in [4.78, 5) is 3.47. The maximum Gasteiger partial charge on any atom is 0.217 e. The third kappa shape index (κ3) is 2.06. The van der Waals surface area contributed by atoms with Crippen LogP contribution in [0.15, 0.2) is 24.3 Å². The number of aromatic nitrogens is 1. The molecule has 18 heavy (non-hydrogen) atoms. The number of nitrogens with two attached hydrogens (primary N) is 1. The lowest BCUT2D eigenvalue weighted by Crippen LogP contribution is -2.03. The first-order valence-corrected chi connectivity index (χ1v) is 5.04. The van der Waals surface area contributed by atoms with E-state index in [2.05, 4.69) is 4.98 Å². The molecule has 0 radical (unpaired) electrons. The van der Waals surface area contributed by atoms with Gasteiger partial charge in [0, 0.05) is 17.7 Å². The summed E-state index contributed by atoms with van der Waals surface area (Å²) in [6.45, 7) is -0.0562. The van der Waals surface area contributed by atoms with Gasteiger partial charge in [0.05, 0.1) is 5.69 Å². The second-order valence-corrected chi connectivity index (χ2v) is 3.57. The SMILES string of the molecule is NCc1ccc(-c2ccc(F)c(F)c2F)nc1F. The Hall–Kier alpha value is -1.95. The van der Waals surface area contributed by atoms with E-state index in [-0.39, 0.29) is 23.4 Å². The molecule has 94 valence electrons. The number of hydrogen-bond donors (Lipinski definition) is 1. The molecule has 2 nitrogen and oxygen atoms in total. The van der Waals surface area contributed by atoms with Crippen LogP contribution in [0, 0.1) is 23.4 Å². The molecule has 0 unspecified atom stereocenters. The van der Waals surface area contributed by atoms with E-state index in [9.17, 15) is 17.6 Å². The molecule has 2 N–H and O–H groups in total. The van der Waals surface area contributed by atoms with Crippen LogP contribution >= 0.6 is 0 Å². The van der Waals surface area contributed by atoms with E-state index in [0.29, 0.717) is 0 Å². The van der Waals surface area contributed by atoms with Crippen LogP contribution in [0.5, 0.6) is 0 Å². The molecule has 6 heteroatoms. The van der Waals surface area contributed by atoms with Crippen molar-refractivity contribution in [3.05, 3.63) is 53.2 Å². The fourth-order valence-corrected chi connectivity index (χ4v) is 1.49. The Balaban J connectivity index is 2.56. The molecule has 2 rings (SSSR count). The van der Waals surface area contributed by atoms with Crippen molar-refractivity contribution in [1.29, 1.82) is 0 Å². The van der Waals surface area contributed by atoms with Crippen LogP contribution in [-0.2, 0) is 6.54 Å². The van der Waals surface area contributed by atoms with Gasteiger partial charge in [0.25, 0.3) is 0 Å². The van der Waals surface area contributed by atoms with Gasteiger partial charge in [-0.25, -0.2) is 18.2 Å². The highest BCUT2D eigenvalue weighted by atomic mass is 19.2. The molecule has 0 amide bonds. The predicted molar refractivity (Wildman–Crippen MR) is 57.4 cm³/mol. The fraction of sp³-hybridized carbons (Fsp3) is 0.0833. The van der Waals surface area contributed by atoms with E-state index in [1.165, 1.54) is 12.1 Å². The minimum absolute atomic E-state index is 0.0562. The van der Waals surface area contributed by atoms with E-state index >= 15 is 0 Å². The molecule has 1 aromatic carbocycles. The summed E-state index contributed by atoms with van der Waals surface area (Å²) in [5.41, 5.74) is 4.97. The van der Waals surface area contributed by atoms with Crippen molar-refractivity contribution in [3.8, 4) is 11.3 Å². The van der Waals surface area contributed by atoms with Gasteiger partial charge in [-0.15, -0.1) is 0 Å². The van der Waals surface area contributed by atoms with Crippen LogP contribution in [0.3, 0.4) is 0 Å². The van der Waals surface area contributed by atoms with Crippen molar-refractivity contribution in [2.45, 2.75) is 6.54 Å². The van der Waals surface area contributed by atoms with Crippen molar-refractivity contribution < 1.29 is 17.6 Å². The molecule has 0 spiro atoms. The summed E-state index contributed by atoms with van der Waals surface area (Å²) in [7, 11) is 0. The van der Waals surface area contributed by atoms with Gasteiger partial charge in [0.15, 0.2) is 17.5 Å². The minimum atomic E-state index is -1.61. The van der Waals surface area contributed by atoms with E-state index in [0.717, 1.165) is 12.1 Å². The zero-order valence-corrected chi connectivity index (χ0v) is 9.05. The summed E-state index contributed by atoms with van der Waals surface area (Å²) in [6, 6.07) is 4.36. The number of pyridine rings is 1. The largest absolute Gasteiger partial charge is 0.326 e. The van der Waals surface area contributed by atoms with E-state index < -0.39 is 23.4 Å². The number of rotatable bonds is 2. The highest BCUT2D eigenvalue weighted by molar-refractivity contribution is 5.60. The maximum atomic E-state index is 13.5. The Morgan fingerprint density at radius 2 is 1.67 bits per heavy atom. The zero-order valence-electron chi connectivity index (χ0n) is 9.05. The highest BCUT2D eigenvalue weighted by Crippen LogP contribution is 2.25. The maximum absolute atomic E-state index is 13.5. The first kappa shape index (κ1) is 12.5. The quantitative estimate of drug-likeness (QED) is 0.509. The van der Waals surface area contributed by atoms with Crippen LogP contribution < -0.4 is 5.73 Å². The van der Waals surface area contributed by atoms with Crippen molar-refractivity contribution in [2.24, 2.45) is 5.73 Å². The van der Waals surface area contributed by atoms with Crippen LogP contribution in [0.25, 0.3) is 11.3 Å². The Morgan fingerprint density at radius 3 is 2.28 bits per heavy atom. The van der Waals surface area contributed by atoms with Crippen LogP contribution in [-0.4, -0.2) is 4.98 Å². The molecule has 0 fully saturated rings. The highest BCUT2D eigenvalue weighted by Gasteiger charge is 2.16. The predicted octanol–water partition coefficient (Wildman–Crippen LogP) is 2.76. The standard InChI is InChI=1S/C12H8F4N2/c13-8-3-2-7(10(14)11(8)15)9-4-1-6(5-17)12(16)18-9/h1-4H,5,17H2. The van der Waals surface area contributed by atoms with Gasteiger partial charge in [-0.05, 0) is 18.2 Å². The Labute approximate surface area is 100 Å². The van der Waals surface area contributed by atoms with Crippen molar-refractivity contribution >= 4 is 0 Å². The van der Waals surface area contributed by atoms with Crippen molar-refractivity contribution in [1.82, 2.24) is 4.98 Å². The molecule has 2 aromatic rings. The van der Waals surface area contributed by atoms with Crippen LogP contribution in [0.4, 0.5) is 17.6 Å². The van der Waals surface area contributed by atoms with E-state index in [4.69, 9.17) is 5.73 Å². The molecule has 0 aliphatic carbocycles. The normalized spacial score (nSPS) is 10.7. The Kier molecular flexibility index (Phi) is 3.29. The number of benzene rings is 1. The third-order valence-corrected chi connectivity index (χ3v) is 2.46. The first-order chi connectivity index (χ1) is 8.54. The molecule has 0 aliphatic heterocycles. The molecule has 1 aromatic heterocycles. The molecule has 0 saturated heterocycles. The van der Waals surface area contributed by atoms with Gasteiger partial charge < -0.3 is 5.73 Å². The minimum Gasteiger partial charge on any atom is -0.326 e. The topological polar surface area (TPSA) is 38.9 Å². The van der Waals surface area contributed by atoms with Crippen molar-refractivity contribution in [2.75, 3.05) is 0 Å². The zero-order chi connectivity index (χ0) is 13.3. The summed E-state index contributed by atoms with van der Waals surface area (Å²) in [5, 5.41) is 0. The lowest BCUT2D eigenvalue weighted by Gasteiger charge is -2.06. The average Bonchev–Trinajstić information content (AvgIpc) is 2.36. The third-order valence-electron chi connectivity index (χ3n) is 2.46. The molecular formula is C12H8F4N2. The smallest absolute Gasteiger partial charge is 0.217 e. The van der Waals surface area contributed by atoms with E-state index in [1.807, 2.05) is 0 Å². The Bertz CT molecular complexity index is 599. The monoisotopic (exact) mass is 256 g/mol. The summed E-state index contributed by atoms with van der Waals surface area (Å²) >= 11 is 0. The van der Waals surface area contributed by atoms with Crippen molar-refractivity contribution in [3.63, 3.8) is 0 Å². The molecule has 1 heterocycles. The summed E-state index contributed by atoms with van der Waals surface area (Å²) in [6.07, 6.45) is 0. The number of halogens is 4. The molecule has 0 saturated carbocycles. The summed E-state index contributed by atoms with van der Waals surface area (Å²) < 4.78 is 52.6. The van der Waals surface area contributed by atoms with Crippen LogP contribution in [0.1, 0.15) is 5.56 Å². The summed E-state index contributed by atoms with van der Waals surface area (Å²) in [5.74, 6) is -5.19. The second-order valence-electron chi connectivity index (χ2n) is 3.57. The van der Waals surface area contributed by atoms with Gasteiger partial charge in [-0.2, -0.15) is 4.39 Å². The molecule has 0 atom stereocenters. The van der Waals surface area contributed by atoms with Gasteiger partial charge in [0.1, 0.15) is 0 Å². The second kappa shape index (κ2) is 4.73. The number of hydrogen-bond acceptors (Lipinski definition) is 2. The Morgan fingerprint density at radius 1 is 0.944 bits per heavy atom. The lowest BCUT2D eigenvalue weighted by atomic mass is 10.1. The van der Waals surface area contributed by atoms with Crippen LogP contribution in [0.2, 0.25) is 0 Å². The molecule has 0 bridgehead atoms. The number of nitrogens with zero attached hydrogens (tertiary/aromatic N) is 1. The van der Waals surface area contributed by atoms with Gasteiger partial charge in [0.2, 0.25) is 5.95 Å².